The highest BCUT2D eigenvalue weighted by Crippen LogP contribution is 2.18. The fourth-order valence-electron chi connectivity index (χ4n) is 1.96. The average Bonchev–Trinajstić information content (AvgIpc) is 2.42. The maximum Gasteiger partial charge on any atom is 0.0640 e. The summed E-state index contributed by atoms with van der Waals surface area (Å²) in [6, 6.07) is 6.25. The summed E-state index contributed by atoms with van der Waals surface area (Å²) in [4.78, 5) is 6.65. The van der Waals surface area contributed by atoms with Crippen LogP contribution in [-0.4, -0.2) is 18.1 Å². The van der Waals surface area contributed by atoms with Crippen LogP contribution >= 0.6 is 0 Å². The Bertz CT molecular complexity index is 405. The highest BCUT2D eigenvalue weighted by molar-refractivity contribution is 5.45. The van der Waals surface area contributed by atoms with Crippen LogP contribution in [0.15, 0.2) is 18.3 Å². The Balaban J connectivity index is 2.81. The fourth-order valence-corrected chi connectivity index (χ4v) is 1.96. The molecule has 1 heterocycles. The van der Waals surface area contributed by atoms with Crippen molar-refractivity contribution in [1.29, 1.82) is 5.26 Å². The van der Waals surface area contributed by atoms with E-state index < -0.39 is 0 Å². The van der Waals surface area contributed by atoms with Crippen LogP contribution in [0.5, 0.6) is 0 Å². The van der Waals surface area contributed by atoms with Crippen molar-refractivity contribution in [2.75, 3.05) is 18.0 Å². The summed E-state index contributed by atoms with van der Waals surface area (Å²) >= 11 is 0. The van der Waals surface area contributed by atoms with E-state index in [1.807, 2.05) is 12.3 Å². The van der Waals surface area contributed by atoms with Gasteiger partial charge in [0.15, 0.2) is 0 Å². The quantitative estimate of drug-likeness (QED) is 0.818. The predicted octanol–water partition coefficient (Wildman–Crippen LogP) is 2.87. The molecule has 0 aliphatic rings. The van der Waals surface area contributed by atoms with Crippen LogP contribution in [0.3, 0.4) is 0 Å². The van der Waals surface area contributed by atoms with E-state index >= 15 is 0 Å². The average molecular weight is 260 g/mol. The molecule has 0 saturated carbocycles. The second kappa shape index (κ2) is 7.75. The van der Waals surface area contributed by atoms with Crippen LogP contribution in [-0.2, 0) is 0 Å². The Labute approximate surface area is 116 Å². The molecule has 0 unspecified atom stereocenters. The monoisotopic (exact) mass is 260 g/mol. The lowest BCUT2D eigenvalue weighted by molar-refractivity contribution is 0.610. The Morgan fingerprint density at radius 2 is 2.16 bits per heavy atom. The summed E-state index contributed by atoms with van der Waals surface area (Å²) in [5.74, 6) is 0.552. The first-order chi connectivity index (χ1) is 9.08. The third kappa shape index (κ3) is 4.88. The zero-order valence-electron chi connectivity index (χ0n) is 12.1. The summed E-state index contributed by atoms with van der Waals surface area (Å²) in [6.45, 7) is 8.08. The number of aromatic nitrogens is 1. The molecule has 0 spiro atoms. The van der Waals surface area contributed by atoms with Crippen molar-refractivity contribution in [1.82, 2.24) is 4.98 Å². The van der Waals surface area contributed by atoms with Crippen LogP contribution < -0.4 is 10.6 Å². The molecular weight excluding hydrogens is 236 g/mol. The number of rotatable bonds is 7. The number of nitrogens with zero attached hydrogens (tertiary/aromatic N) is 3. The van der Waals surface area contributed by atoms with Gasteiger partial charge in [0, 0.05) is 19.1 Å². The SMILES string of the molecule is CC[C@H](N)c1ccc(N(CCC#N)CC(C)C)cn1. The van der Waals surface area contributed by atoms with Crippen LogP contribution in [0.25, 0.3) is 0 Å². The summed E-state index contributed by atoms with van der Waals surface area (Å²) in [7, 11) is 0. The predicted molar refractivity (Wildman–Crippen MR) is 78.7 cm³/mol. The van der Waals surface area contributed by atoms with Gasteiger partial charge in [-0.05, 0) is 24.5 Å². The molecular formula is C15H24N4. The third-order valence-electron chi connectivity index (χ3n) is 3.03. The Morgan fingerprint density at radius 1 is 1.42 bits per heavy atom. The van der Waals surface area contributed by atoms with Gasteiger partial charge in [-0.3, -0.25) is 4.98 Å². The van der Waals surface area contributed by atoms with Crippen molar-refractivity contribution < 1.29 is 0 Å². The molecule has 2 N–H and O–H groups in total. The van der Waals surface area contributed by atoms with Crippen molar-refractivity contribution in [3.63, 3.8) is 0 Å². The van der Waals surface area contributed by atoms with Gasteiger partial charge in [-0.1, -0.05) is 20.8 Å². The van der Waals surface area contributed by atoms with E-state index in [1.54, 1.807) is 0 Å². The third-order valence-corrected chi connectivity index (χ3v) is 3.03. The second-order valence-electron chi connectivity index (χ2n) is 5.20. The molecule has 0 amide bonds. The van der Waals surface area contributed by atoms with E-state index in [9.17, 15) is 0 Å². The van der Waals surface area contributed by atoms with Crippen molar-refractivity contribution in [3.8, 4) is 6.07 Å². The molecule has 19 heavy (non-hydrogen) atoms. The summed E-state index contributed by atoms with van der Waals surface area (Å²) in [5, 5.41) is 8.74. The lowest BCUT2D eigenvalue weighted by Gasteiger charge is -2.25. The van der Waals surface area contributed by atoms with Crippen molar-refractivity contribution in [3.05, 3.63) is 24.0 Å². The highest BCUT2D eigenvalue weighted by atomic mass is 15.1. The van der Waals surface area contributed by atoms with Gasteiger partial charge in [0.2, 0.25) is 0 Å². The van der Waals surface area contributed by atoms with Gasteiger partial charge >= 0.3 is 0 Å². The molecule has 0 saturated heterocycles. The smallest absolute Gasteiger partial charge is 0.0640 e. The normalized spacial score (nSPS) is 12.2. The van der Waals surface area contributed by atoms with E-state index in [0.717, 1.165) is 30.9 Å². The molecule has 1 aromatic heterocycles. The van der Waals surface area contributed by atoms with Gasteiger partial charge in [0.05, 0.1) is 30.1 Å². The largest absolute Gasteiger partial charge is 0.369 e. The number of anilines is 1. The summed E-state index contributed by atoms with van der Waals surface area (Å²) in [6.07, 6.45) is 3.28. The first kappa shape index (κ1) is 15.5. The van der Waals surface area contributed by atoms with Crippen LogP contribution in [0, 0.1) is 17.2 Å². The number of nitriles is 1. The molecule has 4 heteroatoms. The van der Waals surface area contributed by atoms with Gasteiger partial charge < -0.3 is 10.6 Å². The molecule has 1 aromatic rings. The van der Waals surface area contributed by atoms with Crippen molar-refractivity contribution >= 4 is 5.69 Å². The highest BCUT2D eigenvalue weighted by Gasteiger charge is 2.10. The van der Waals surface area contributed by atoms with Crippen molar-refractivity contribution in [2.45, 2.75) is 39.7 Å². The lowest BCUT2D eigenvalue weighted by atomic mass is 10.1. The maximum atomic E-state index is 8.74. The minimum Gasteiger partial charge on any atom is -0.369 e. The maximum absolute atomic E-state index is 8.74. The molecule has 4 nitrogen and oxygen atoms in total. The zero-order chi connectivity index (χ0) is 14.3. The molecule has 0 aliphatic heterocycles. The molecule has 104 valence electrons. The number of pyridine rings is 1. The van der Waals surface area contributed by atoms with Crippen molar-refractivity contribution in [2.24, 2.45) is 11.7 Å². The van der Waals surface area contributed by atoms with Gasteiger partial charge in [0.25, 0.3) is 0 Å². The number of hydrogen-bond donors (Lipinski definition) is 1. The Kier molecular flexibility index (Phi) is 6.31. The standard InChI is InChI=1S/C15H24N4/c1-4-14(17)15-7-6-13(10-18-15)19(9-5-8-16)11-12(2)3/h6-7,10,12,14H,4-5,9,11,17H2,1-3H3/t14-/m0/s1. The minimum absolute atomic E-state index is 0.00621. The van der Waals surface area contributed by atoms with Gasteiger partial charge in [-0.25, -0.2) is 0 Å². The summed E-state index contributed by atoms with van der Waals surface area (Å²) < 4.78 is 0. The van der Waals surface area contributed by atoms with Gasteiger partial charge in [-0.2, -0.15) is 5.26 Å². The van der Waals surface area contributed by atoms with Crippen LogP contribution in [0.1, 0.15) is 45.3 Å². The zero-order valence-corrected chi connectivity index (χ0v) is 12.1. The molecule has 0 radical (unpaired) electrons. The first-order valence-corrected chi connectivity index (χ1v) is 6.91. The Morgan fingerprint density at radius 3 is 2.63 bits per heavy atom. The molecule has 0 fully saturated rings. The summed E-state index contributed by atoms with van der Waals surface area (Å²) in [5.41, 5.74) is 7.95. The molecule has 1 rings (SSSR count). The van der Waals surface area contributed by atoms with Gasteiger partial charge in [0.1, 0.15) is 0 Å². The second-order valence-corrected chi connectivity index (χ2v) is 5.20. The molecule has 0 aromatic carbocycles. The first-order valence-electron chi connectivity index (χ1n) is 6.91. The van der Waals surface area contributed by atoms with E-state index in [2.05, 4.69) is 42.8 Å². The Hall–Kier alpha value is -1.60. The van der Waals surface area contributed by atoms with Crippen LogP contribution in [0.4, 0.5) is 5.69 Å². The molecule has 0 bridgehead atoms. The fraction of sp³-hybridized carbons (Fsp3) is 0.600. The molecule has 0 aliphatic carbocycles. The van der Waals surface area contributed by atoms with E-state index in [1.165, 1.54) is 0 Å². The number of hydrogen-bond acceptors (Lipinski definition) is 4. The minimum atomic E-state index is 0.00621. The number of nitrogens with two attached hydrogens (primary N) is 1. The van der Waals surface area contributed by atoms with E-state index in [-0.39, 0.29) is 6.04 Å². The topological polar surface area (TPSA) is 65.9 Å². The lowest BCUT2D eigenvalue weighted by Crippen LogP contribution is -2.28. The van der Waals surface area contributed by atoms with Crippen LogP contribution in [0.2, 0.25) is 0 Å². The van der Waals surface area contributed by atoms with E-state index in [0.29, 0.717) is 12.3 Å². The molecule has 1 atom stereocenters. The van der Waals surface area contributed by atoms with Gasteiger partial charge in [-0.15, -0.1) is 0 Å². The van der Waals surface area contributed by atoms with E-state index in [4.69, 9.17) is 11.0 Å².